The highest BCUT2D eigenvalue weighted by atomic mass is 32.2. The van der Waals surface area contributed by atoms with Gasteiger partial charge in [-0.2, -0.15) is 0 Å². The van der Waals surface area contributed by atoms with E-state index in [-0.39, 0.29) is 6.54 Å². The molecule has 1 atom stereocenters. The SMILES string of the molecule is COc1ccc(OC)c([C@@H](C)NC(=O)CN(c2c(C)cccc2C)S(C)(=O)=O)c1. The molecular formula is C21H28N2O5S. The molecule has 1 amide bonds. The number of rotatable bonds is 8. The first-order chi connectivity index (χ1) is 13.6. The van der Waals surface area contributed by atoms with Crippen molar-refractivity contribution in [1.29, 1.82) is 0 Å². The Labute approximate surface area is 172 Å². The maximum absolute atomic E-state index is 12.7. The summed E-state index contributed by atoms with van der Waals surface area (Å²) in [5.74, 6) is 0.818. The van der Waals surface area contributed by atoms with Gasteiger partial charge in [-0.05, 0) is 50.1 Å². The van der Waals surface area contributed by atoms with Gasteiger partial charge < -0.3 is 14.8 Å². The molecule has 7 nitrogen and oxygen atoms in total. The fourth-order valence-electron chi connectivity index (χ4n) is 3.23. The molecule has 0 saturated heterocycles. The molecule has 0 unspecified atom stereocenters. The Balaban J connectivity index is 2.28. The summed E-state index contributed by atoms with van der Waals surface area (Å²) in [6, 6.07) is 10.4. The Morgan fingerprint density at radius 3 is 2.24 bits per heavy atom. The van der Waals surface area contributed by atoms with Gasteiger partial charge in [0.2, 0.25) is 15.9 Å². The number of nitrogens with zero attached hydrogens (tertiary/aromatic N) is 1. The van der Waals surface area contributed by atoms with Crippen LogP contribution < -0.4 is 19.1 Å². The van der Waals surface area contributed by atoms with Gasteiger partial charge in [0.15, 0.2) is 0 Å². The summed E-state index contributed by atoms with van der Waals surface area (Å²) in [5, 5.41) is 2.85. The second-order valence-electron chi connectivity index (χ2n) is 6.91. The van der Waals surface area contributed by atoms with Crippen molar-refractivity contribution in [3.05, 3.63) is 53.1 Å². The second kappa shape index (κ2) is 9.17. The van der Waals surface area contributed by atoms with Crippen LogP contribution in [0.25, 0.3) is 0 Å². The van der Waals surface area contributed by atoms with Gasteiger partial charge in [-0.15, -0.1) is 0 Å². The predicted octanol–water partition coefficient (Wildman–Crippen LogP) is 2.96. The van der Waals surface area contributed by atoms with E-state index in [4.69, 9.17) is 9.47 Å². The average molecular weight is 421 g/mol. The molecule has 0 spiro atoms. The third-order valence-corrected chi connectivity index (χ3v) is 5.77. The van der Waals surface area contributed by atoms with E-state index >= 15 is 0 Å². The molecule has 2 rings (SSSR count). The third-order valence-electron chi connectivity index (χ3n) is 4.66. The van der Waals surface area contributed by atoms with Gasteiger partial charge in [-0.3, -0.25) is 9.10 Å². The number of anilines is 1. The summed E-state index contributed by atoms with van der Waals surface area (Å²) >= 11 is 0. The molecule has 0 fully saturated rings. The average Bonchev–Trinajstić information content (AvgIpc) is 2.65. The van der Waals surface area contributed by atoms with Crippen LogP contribution in [-0.4, -0.2) is 41.3 Å². The number of sulfonamides is 1. The number of carbonyl (C=O) groups excluding carboxylic acids is 1. The highest BCUT2D eigenvalue weighted by Gasteiger charge is 2.25. The van der Waals surface area contributed by atoms with Crippen LogP contribution in [0.4, 0.5) is 5.69 Å². The van der Waals surface area contributed by atoms with Crippen molar-refractivity contribution in [3.63, 3.8) is 0 Å². The Hall–Kier alpha value is -2.74. The molecule has 158 valence electrons. The zero-order chi connectivity index (χ0) is 21.8. The fourth-order valence-corrected chi connectivity index (χ4v) is 4.21. The van der Waals surface area contributed by atoms with Gasteiger partial charge in [-0.25, -0.2) is 8.42 Å². The van der Waals surface area contributed by atoms with Crippen LogP contribution in [0.3, 0.4) is 0 Å². The molecule has 2 aromatic carbocycles. The Morgan fingerprint density at radius 2 is 1.72 bits per heavy atom. The van der Waals surface area contributed by atoms with Crippen LogP contribution in [0.15, 0.2) is 36.4 Å². The third kappa shape index (κ3) is 5.41. The zero-order valence-electron chi connectivity index (χ0n) is 17.6. The zero-order valence-corrected chi connectivity index (χ0v) is 18.5. The monoisotopic (exact) mass is 420 g/mol. The van der Waals surface area contributed by atoms with Crippen LogP contribution in [0, 0.1) is 13.8 Å². The minimum Gasteiger partial charge on any atom is -0.497 e. The maximum Gasteiger partial charge on any atom is 0.241 e. The molecule has 0 aromatic heterocycles. The van der Waals surface area contributed by atoms with E-state index in [0.717, 1.165) is 27.3 Å². The predicted molar refractivity (Wildman–Crippen MR) is 114 cm³/mol. The number of aryl methyl sites for hydroxylation is 2. The normalized spacial score (nSPS) is 12.2. The lowest BCUT2D eigenvalue weighted by Crippen LogP contribution is -2.41. The number of hydrogen-bond acceptors (Lipinski definition) is 5. The van der Waals surface area contributed by atoms with Crippen molar-refractivity contribution in [1.82, 2.24) is 5.32 Å². The van der Waals surface area contributed by atoms with E-state index in [1.807, 2.05) is 32.0 Å². The first kappa shape index (κ1) is 22.5. The Morgan fingerprint density at radius 1 is 1.10 bits per heavy atom. The number of benzene rings is 2. The lowest BCUT2D eigenvalue weighted by Gasteiger charge is -2.26. The number of para-hydroxylation sites is 1. The van der Waals surface area contributed by atoms with Gasteiger partial charge in [0.1, 0.15) is 18.0 Å². The smallest absolute Gasteiger partial charge is 0.241 e. The minimum atomic E-state index is -3.65. The number of carbonyl (C=O) groups is 1. The molecule has 29 heavy (non-hydrogen) atoms. The summed E-state index contributed by atoms with van der Waals surface area (Å²) < 4.78 is 36.6. The number of ether oxygens (including phenoxy) is 2. The molecule has 0 saturated carbocycles. The summed E-state index contributed by atoms with van der Waals surface area (Å²) in [4.78, 5) is 12.7. The van der Waals surface area contributed by atoms with E-state index in [2.05, 4.69) is 5.32 Å². The molecule has 0 heterocycles. The van der Waals surface area contributed by atoms with Crippen molar-refractivity contribution in [2.75, 3.05) is 31.3 Å². The van der Waals surface area contributed by atoms with Gasteiger partial charge in [0.05, 0.1) is 32.2 Å². The van der Waals surface area contributed by atoms with E-state index < -0.39 is 22.0 Å². The summed E-state index contributed by atoms with van der Waals surface area (Å²) in [5.41, 5.74) is 2.83. The largest absolute Gasteiger partial charge is 0.497 e. The standard InChI is InChI=1S/C21H28N2O5S/c1-14-8-7-9-15(2)21(14)23(29(6,25)26)13-20(24)22-16(3)18-12-17(27-4)10-11-19(18)28-5/h7-12,16H,13H2,1-6H3,(H,22,24)/t16-/m1/s1. The van der Waals surface area contributed by atoms with Crippen LogP contribution in [0.1, 0.15) is 29.7 Å². The Kier molecular flexibility index (Phi) is 7.13. The minimum absolute atomic E-state index is 0.318. The highest BCUT2D eigenvalue weighted by molar-refractivity contribution is 7.92. The summed E-state index contributed by atoms with van der Waals surface area (Å²) in [7, 11) is -0.547. The summed E-state index contributed by atoms with van der Waals surface area (Å²) in [6.45, 7) is 5.13. The quantitative estimate of drug-likeness (QED) is 0.710. The number of methoxy groups -OCH3 is 2. The lowest BCUT2D eigenvalue weighted by atomic mass is 10.1. The van der Waals surface area contributed by atoms with E-state index in [1.165, 1.54) is 0 Å². The van der Waals surface area contributed by atoms with E-state index in [1.54, 1.807) is 39.3 Å². The molecule has 0 radical (unpaired) electrons. The second-order valence-corrected chi connectivity index (χ2v) is 8.81. The van der Waals surface area contributed by atoms with Gasteiger partial charge >= 0.3 is 0 Å². The molecule has 0 aliphatic rings. The van der Waals surface area contributed by atoms with Crippen molar-refractivity contribution in [3.8, 4) is 11.5 Å². The molecule has 0 aliphatic heterocycles. The summed E-state index contributed by atoms with van der Waals surface area (Å²) in [6.07, 6.45) is 1.10. The number of hydrogen-bond donors (Lipinski definition) is 1. The highest BCUT2D eigenvalue weighted by Crippen LogP contribution is 2.30. The van der Waals surface area contributed by atoms with Gasteiger partial charge in [0, 0.05) is 5.56 Å². The lowest BCUT2D eigenvalue weighted by molar-refractivity contribution is -0.120. The molecule has 0 bridgehead atoms. The number of nitrogens with one attached hydrogen (secondary N) is 1. The van der Waals surface area contributed by atoms with Crippen LogP contribution in [0.5, 0.6) is 11.5 Å². The molecule has 1 N–H and O–H groups in total. The first-order valence-corrected chi connectivity index (χ1v) is 11.0. The Bertz CT molecular complexity index is 968. The molecule has 0 aliphatic carbocycles. The maximum atomic E-state index is 12.7. The van der Waals surface area contributed by atoms with Crippen molar-refractivity contribution >= 4 is 21.6 Å². The topological polar surface area (TPSA) is 84.9 Å². The van der Waals surface area contributed by atoms with Gasteiger partial charge in [0.25, 0.3) is 0 Å². The van der Waals surface area contributed by atoms with Gasteiger partial charge in [-0.1, -0.05) is 18.2 Å². The van der Waals surface area contributed by atoms with Crippen molar-refractivity contribution in [2.24, 2.45) is 0 Å². The van der Waals surface area contributed by atoms with Crippen molar-refractivity contribution < 1.29 is 22.7 Å². The molecule has 8 heteroatoms. The van der Waals surface area contributed by atoms with E-state index in [9.17, 15) is 13.2 Å². The van der Waals surface area contributed by atoms with Crippen LogP contribution in [0.2, 0.25) is 0 Å². The number of amides is 1. The first-order valence-electron chi connectivity index (χ1n) is 9.13. The van der Waals surface area contributed by atoms with E-state index in [0.29, 0.717) is 17.2 Å². The van der Waals surface area contributed by atoms with Crippen molar-refractivity contribution in [2.45, 2.75) is 26.8 Å². The van der Waals surface area contributed by atoms with Crippen LogP contribution >= 0.6 is 0 Å². The fraction of sp³-hybridized carbons (Fsp3) is 0.381. The molecule has 2 aromatic rings. The molecular weight excluding hydrogens is 392 g/mol. The van der Waals surface area contributed by atoms with Crippen LogP contribution in [-0.2, 0) is 14.8 Å².